The van der Waals surface area contributed by atoms with Crippen molar-refractivity contribution in [2.45, 2.75) is 50.8 Å². The molecular formula is C15H21F2NO2. The van der Waals surface area contributed by atoms with Crippen LogP contribution in [-0.4, -0.2) is 24.4 Å². The van der Waals surface area contributed by atoms with Gasteiger partial charge in [0.2, 0.25) is 0 Å². The van der Waals surface area contributed by atoms with Crippen LogP contribution < -0.4 is 10.1 Å². The Morgan fingerprint density at radius 3 is 2.55 bits per heavy atom. The molecule has 0 radical (unpaired) electrons. The van der Waals surface area contributed by atoms with E-state index < -0.39 is 6.61 Å². The number of para-hydroxylation sites is 1. The first-order chi connectivity index (χ1) is 9.70. The molecule has 1 aliphatic carbocycles. The van der Waals surface area contributed by atoms with Crippen LogP contribution in [0.1, 0.15) is 43.7 Å². The van der Waals surface area contributed by atoms with E-state index in [1.807, 2.05) is 0 Å². The number of nitrogens with one attached hydrogen (secondary N) is 1. The lowest BCUT2D eigenvalue weighted by Gasteiger charge is -2.28. The van der Waals surface area contributed by atoms with Gasteiger partial charge in [-0.2, -0.15) is 8.78 Å². The Bertz CT molecular complexity index is 409. The summed E-state index contributed by atoms with van der Waals surface area (Å²) in [7, 11) is 0. The lowest BCUT2D eigenvalue weighted by Crippen LogP contribution is -2.36. The maximum atomic E-state index is 12.4. The molecule has 1 saturated carbocycles. The molecule has 0 amide bonds. The molecule has 0 bridgehead atoms. The van der Waals surface area contributed by atoms with Gasteiger partial charge in [-0.1, -0.05) is 37.5 Å². The molecular weight excluding hydrogens is 264 g/mol. The molecule has 3 nitrogen and oxygen atoms in total. The first kappa shape index (κ1) is 15.2. The monoisotopic (exact) mass is 285 g/mol. The number of alkyl halides is 2. The molecule has 2 rings (SSSR count). The van der Waals surface area contributed by atoms with Crippen LogP contribution in [0.3, 0.4) is 0 Å². The van der Waals surface area contributed by atoms with Gasteiger partial charge >= 0.3 is 6.61 Å². The lowest BCUT2D eigenvalue weighted by molar-refractivity contribution is -0.0509. The first-order valence-corrected chi connectivity index (χ1v) is 7.11. The Kier molecular flexibility index (Phi) is 5.73. The number of benzene rings is 1. The van der Waals surface area contributed by atoms with Gasteiger partial charge in [-0.05, 0) is 18.9 Å². The molecule has 20 heavy (non-hydrogen) atoms. The second kappa shape index (κ2) is 7.55. The fraction of sp³-hybridized carbons (Fsp3) is 0.600. The molecule has 112 valence electrons. The summed E-state index contributed by atoms with van der Waals surface area (Å²) in [6.07, 6.45) is 5.71. The Morgan fingerprint density at radius 2 is 1.90 bits per heavy atom. The normalized spacial score (nSPS) is 18.2. The molecule has 5 heteroatoms. The van der Waals surface area contributed by atoms with Crippen LogP contribution in [0.15, 0.2) is 24.3 Å². The molecule has 0 saturated heterocycles. The molecule has 0 heterocycles. The van der Waals surface area contributed by atoms with Gasteiger partial charge in [0.05, 0.1) is 12.6 Å². The Balaban J connectivity index is 2.09. The molecule has 1 unspecified atom stereocenters. The Labute approximate surface area is 117 Å². The van der Waals surface area contributed by atoms with Crippen LogP contribution in [0.2, 0.25) is 0 Å². The second-order valence-electron chi connectivity index (χ2n) is 5.15. The van der Waals surface area contributed by atoms with E-state index >= 15 is 0 Å². The standard InChI is InChI=1S/C15H21F2NO2/c16-15(17)20-14-9-5-4-8-12(14)13(10-19)18-11-6-2-1-3-7-11/h4-5,8-9,11,13,15,18-19H,1-3,6-7,10H2. The zero-order valence-corrected chi connectivity index (χ0v) is 11.4. The van der Waals surface area contributed by atoms with E-state index in [4.69, 9.17) is 0 Å². The fourth-order valence-corrected chi connectivity index (χ4v) is 2.77. The van der Waals surface area contributed by atoms with E-state index in [0.29, 0.717) is 11.6 Å². The maximum Gasteiger partial charge on any atom is 0.387 e. The van der Waals surface area contributed by atoms with Gasteiger partial charge in [0.1, 0.15) is 5.75 Å². The van der Waals surface area contributed by atoms with E-state index in [-0.39, 0.29) is 18.4 Å². The van der Waals surface area contributed by atoms with Gasteiger partial charge in [0.25, 0.3) is 0 Å². The highest BCUT2D eigenvalue weighted by Gasteiger charge is 2.21. The predicted octanol–water partition coefficient (Wildman–Crippen LogP) is 3.24. The lowest BCUT2D eigenvalue weighted by atomic mass is 9.94. The van der Waals surface area contributed by atoms with Gasteiger partial charge in [-0.3, -0.25) is 0 Å². The summed E-state index contributed by atoms with van der Waals surface area (Å²) >= 11 is 0. The van der Waals surface area contributed by atoms with Crippen molar-refractivity contribution in [3.05, 3.63) is 29.8 Å². The van der Waals surface area contributed by atoms with E-state index in [9.17, 15) is 13.9 Å². The Morgan fingerprint density at radius 1 is 1.20 bits per heavy atom. The van der Waals surface area contributed by atoms with Crippen LogP contribution in [0.4, 0.5) is 8.78 Å². The van der Waals surface area contributed by atoms with Crippen LogP contribution in [-0.2, 0) is 0 Å². The summed E-state index contributed by atoms with van der Waals surface area (Å²) in [6.45, 7) is -3.00. The SMILES string of the molecule is OCC(NC1CCCCC1)c1ccccc1OC(F)F. The molecule has 1 fully saturated rings. The Hall–Kier alpha value is -1.20. The van der Waals surface area contributed by atoms with Gasteiger partial charge in [-0.25, -0.2) is 0 Å². The molecule has 0 spiro atoms. The van der Waals surface area contributed by atoms with E-state index in [0.717, 1.165) is 12.8 Å². The third kappa shape index (κ3) is 4.15. The van der Waals surface area contributed by atoms with E-state index in [1.165, 1.54) is 25.3 Å². The summed E-state index contributed by atoms with van der Waals surface area (Å²) in [5.41, 5.74) is 0.584. The summed E-state index contributed by atoms with van der Waals surface area (Å²) in [6, 6.07) is 6.60. The van der Waals surface area contributed by atoms with Crippen molar-refractivity contribution in [2.75, 3.05) is 6.61 Å². The van der Waals surface area contributed by atoms with Crippen molar-refractivity contribution in [1.82, 2.24) is 5.32 Å². The van der Waals surface area contributed by atoms with Gasteiger partial charge in [0.15, 0.2) is 0 Å². The smallest absolute Gasteiger partial charge is 0.387 e. The molecule has 1 aromatic rings. The zero-order chi connectivity index (χ0) is 14.4. The van der Waals surface area contributed by atoms with Gasteiger partial charge in [-0.15, -0.1) is 0 Å². The first-order valence-electron chi connectivity index (χ1n) is 7.11. The summed E-state index contributed by atoms with van der Waals surface area (Å²) in [4.78, 5) is 0. The largest absolute Gasteiger partial charge is 0.434 e. The topological polar surface area (TPSA) is 41.5 Å². The second-order valence-corrected chi connectivity index (χ2v) is 5.15. The van der Waals surface area contributed by atoms with Crippen molar-refractivity contribution in [1.29, 1.82) is 0 Å². The summed E-state index contributed by atoms with van der Waals surface area (Å²) in [5, 5.41) is 12.9. The summed E-state index contributed by atoms with van der Waals surface area (Å²) in [5.74, 6) is 0.129. The third-order valence-electron chi connectivity index (χ3n) is 3.74. The number of rotatable bonds is 6. The molecule has 0 aliphatic heterocycles. The number of ether oxygens (including phenoxy) is 1. The molecule has 1 aromatic carbocycles. The van der Waals surface area contributed by atoms with Gasteiger partial charge < -0.3 is 15.2 Å². The number of hydrogen-bond acceptors (Lipinski definition) is 3. The van der Waals surface area contributed by atoms with Crippen molar-refractivity contribution >= 4 is 0 Å². The molecule has 2 N–H and O–H groups in total. The molecule has 0 aromatic heterocycles. The van der Waals surface area contributed by atoms with E-state index in [1.54, 1.807) is 18.2 Å². The van der Waals surface area contributed by atoms with Crippen LogP contribution >= 0.6 is 0 Å². The van der Waals surface area contributed by atoms with E-state index in [2.05, 4.69) is 10.1 Å². The van der Waals surface area contributed by atoms with Crippen LogP contribution in [0, 0.1) is 0 Å². The van der Waals surface area contributed by atoms with Crippen molar-refractivity contribution in [3.63, 3.8) is 0 Å². The van der Waals surface area contributed by atoms with Crippen LogP contribution in [0.5, 0.6) is 5.75 Å². The van der Waals surface area contributed by atoms with Crippen molar-refractivity contribution in [3.8, 4) is 5.75 Å². The van der Waals surface area contributed by atoms with Crippen molar-refractivity contribution < 1.29 is 18.6 Å². The minimum Gasteiger partial charge on any atom is -0.434 e. The number of aliphatic hydroxyl groups is 1. The highest BCUT2D eigenvalue weighted by atomic mass is 19.3. The van der Waals surface area contributed by atoms with Crippen molar-refractivity contribution in [2.24, 2.45) is 0 Å². The van der Waals surface area contributed by atoms with Crippen LogP contribution in [0.25, 0.3) is 0 Å². The molecule has 1 aliphatic rings. The zero-order valence-electron chi connectivity index (χ0n) is 11.4. The summed E-state index contributed by atoms with van der Waals surface area (Å²) < 4.78 is 29.4. The number of aliphatic hydroxyl groups excluding tert-OH is 1. The highest BCUT2D eigenvalue weighted by Crippen LogP contribution is 2.28. The number of hydrogen-bond donors (Lipinski definition) is 2. The minimum atomic E-state index is -2.86. The highest BCUT2D eigenvalue weighted by molar-refractivity contribution is 5.36. The molecule has 1 atom stereocenters. The fourth-order valence-electron chi connectivity index (χ4n) is 2.77. The average molecular weight is 285 g/mol. The maximum absolute atomic E-state index is 12.4. The quantitative estimate of drug-likeness (QED) is 0.843. The predicted molar refractivity (Wildman–Crippen MR) is 72.9 cm³/mol. The number of halogens is 2. The minimum absolute atomic E-state index is 0.129. The third-order valence-corrected chi connectivity index (χ3v) is 3.74. The average Bonchev–Trinajstić information content (AvgIpc) is 2.46. The van der Waals surface area contributed by atoms with Gasteiger partial charge in [0, 0.05) is 11.6 Å².